The summed E-state index contributed by atoms with van der Waals surface area (Å²) in [4.78, 5) is 1.44. The van der Waals surface area contributed by atoms with Crippen molar-refractivity contribution in [3.63, 3.8) is 0 Å². The maximum Gasteiger partial charge on any atom is 0.0543 e. The molecule has 2 atom stereocenters. The lowest BCUT2D eigenvalue weighted by atomic mass is 9.98. The Morgan fingerprint density at radius 1 is 1.47 bits per heavy atom. The molecule has 0 spiro atoms. The molecule has 0 bridgehead atoms. The standard InChI is InChI=1S/C13H22OS/c1-3-11(2)10-12(14)6-4-7-13-8-5-9-15-13/h5,8-9,11-12,14H,3-4,6-7,10H2,1-2H3. The molecule has 0 aromatic carbocycles. The van der Waals surface area contributed by atoms with Gasteiger partial charge in [-0.25, -0.2) is 0 Å². The van der Waals surface area contributed by atoms with Crippen LogP contribution in [0.15, 0.2) is 17.5 Å². The predicted octanol–water partition coefficient (Wildman–Crippen LogP) is 3.87. The van der Waals surface area contributed by atoms with Gasteiger partial charge in [-0.2, -0.15) is 0 Å². The second-order valence-corrected chi connectivity index (χ2v) is 5.41. The van der Waals surface area contributed by atoms with E-state index in [9.17, 15) is 5.11 Å². The topological polar surface area (TPSA) is 20.2 Å². The number of aliphatic hydroxyl groups excluding tert-OH is 1. The highest BCUT2D eigenvalue weighted by Gasteiger charge is 2.08. The molecule has 1 heterocycles. The minimum atomic E-state index is -0.0973. The molecule has 1 rings (SSSR count). The van der Waals surface area contributed by atoms with Crippen LogP contribution in [0.1, 0.15) is 44.4 Å². The molecule has 1 aromatic heterocycles. The highest BCUT2D eigenvalue weighted by Crippen LogP contribution is 2.16. The molecule has 0 aliphatic rings. The minimum Gasteiger partial charge on any atom is -0.393 e. The van der Waals surface area contributed by atoms with Crippen molar-refractivity contribution in [1.29, 1.82) is 0 Å². The zero-order valence-electron chi connectivity index (χ0n) is 9.78. The third-order valence-electron chi connectivity index (χ3n) is 2.91. The van der Waals surface area contributed by atoms with E-state index in [4.69, 9.17) is 0 Å². The fourth-order valence-corrected chi connectivity index (χ4v) is 2.47. The molecule has 0 aliphatic heterocycles. The first-order valence-electron chi connectivity index (χ1n) is 5.92. The van der Waals surface area contributed by atoms with Crippen LogP contribution >= 0.6 is 11.3 Å². The largest absolute Gasteiger partial charge is 0.393 e. The van der Waals surface area contributed by atoms with Gasteiger partial charge in [0.15, 0.2) is 0 Å². The van der Waals surface area contributed by atoms with Gasteiger partial charge in [0.2, 0.25) is 0 Å². The van der Waals surface area contributed by atoms with Gasteiger partial charge in [0.1, 0.15) is 0 Å². The van der Waals surface area contributed by atoms with Crippen LogP contribution in [0.3, 0.4) is 0 Å². The molecule has 0 fully saturated rings. The van der Waals surface area contributed by atoms with Crippen molar-refractivity contribution >= 4 is 11.3 Å². The van der Waals surface area contributed by atoms with Crippen molar-refractivity contribution in [2.45, 2.75) is 52.1 Å². The third kappa shape index (κ3) is 5.33. The molecule has 15 heavy (non-hydrogen) atoms. The molecular weight excluding hydrogens is 204 g/mol. The third-order valence-corrected chi connectivity index (χ3v) is 3.85. The Morgan fingerprint density at radius 3 is 2.87 bits per heavy atom. The molecule has 0 aliphatic carbocycles. The zero-order chi connectivity index (χ0) is 11.1. The fourth-order valence-electron chi connectivity index (χ4n) is 1.72. The highest BCUT2D eigenvalue weighted by molar-refractivity contribution is 7.09. The van der Waals surface area contributed by atoms with E-state index in [-0.39, 0.29) is 6.10 Å². The van der Waals surface area contributed by atoms with E-state index in [1.807, 2.05) is 11.3 Å². The number of thiophene rings is 1. The lowest BCUT2D eigenvalue weighted by molar-refractivity contribution is 0.133. The van der Waals surface area contributed by atoms with Gasteiger partial charge in [-0.05, 0) is 43.0 Å². The van der Waals surface area contributed by atoms with Crippen LogP contribution < -0.4 is 0 Å². The monoisotopic (exact) mass is 226 g/mol. The normalized spacial score (nSPS) is 15.1. The summed E-state index contributed by atoms with van der Waals surface area (Å²) in [6, 6.07) is 4.27. The summed E-state index contributed by atoms with van der Waals surface area (Å²) in [7, 11) is 0. The van der Waals surface area contributed by atoms with E-state index < -0.39 is 0 Å². The van der Waals surface area contributed by atoms with E-state index >= 15 is 0 Å². The Bertz CT molecular complexity index is 243. The van der Waals surface area contributed by atoms with Gasteiger partial charge in [-0.15, -0.1) is 11.3 Å². The Morgan fingerprint density at radius 2 is 2.27 bits per heavy atom. The number of rotatable bonds is 7. The van der Waals surface area contributed by atoms with Crippen LogP contribution in [-0.4, -0.2) is 11.2 Å². The van der Waals surface area contributed by atoms with Gasteiger partial charge in [0, 0.05) is 4.88 Å². The quantitative estimate of drug-likeness (QED) is 0.748. The van der Waals surface area contributed by atoms with Gasteiger partial charge >= 0.3 is 0 Å². The number of aliphatic hydroxyl groups is 1. The Labute approximate surface area is 97.2 Å². The van der Waals surface area contributed by atoms with Crippen molar-refractivity contribution in [2.75, 3.05) is 0 Å². The number of aryl methyl sites for hydroxylation is 1. The van der Waals surface area contributed by atoms with Crippen LogP contribution in [0.4, 0.5) is 0 Å². The second kappa shape index (κ2) is 7.02. The lowest BCUT2D eigenvalue weighted by Crippen LogP contribution is -2.11. The van der Waals surface area contributed by atoms with Gasteiger partial charge in [-0.1, -0.05) is 26.3 Å². The smallest absolute Gasteiger partial charge is 0.0543 e. The van der Waals surface area contributed by atoms with Crippen LogP contribution in [0, 0.1) is 5.92 Å². The SMILES string of the molecule is CCC(C)CC(O)CCCc1cccs1. The molecule has 0 radical (unpaired) electrons. The van der Waals surface area contributed by atoms with Crippen molar-refractivity contribution in [2.24, 2.45) is 5.92 Å². The molecule has 0 amide bonds. The van der Waals surface area contributed by atoms with Crippen LogP contribution in [0.2, 0.25) is 0 Å². The number of hydrogen-bond acceptors (Lipinski definition) is 2. The summed E-state index contributed by atoms with van der Waals surface area (Å²) in [5.74, 6) is 0.654. The average molecular weight is 226 g/mol. The first-order chi connectivity index (χ1) is 7.22. The first-order valence-corrected chi connectivity index (χ1v) is 6.80. The fraction of sp³-hybridized carbons (Fsp3) is 0.692. The maximum atomic E-state index is 9.78. The lowest BCUT2D eigenvalue weighted by Gasteiger charge is -2.14. The maximum absolute atomic E-state index is 9.78. The second-order valence-electron chi connectivity index (χ2n) is 4.37. The van der Waals surface area contributed by atoms with E-state index in [0.29, 0.717) is 5.92 Å². The summed E-state index contributed by atoms with van der Waals surface area (Å²) in [5, 5.41) is 11.9. The predicted molar refractivity (Wildman–Crippen MR) is 67.3 cm³/mol. The summed E-state index contributed by atoms with van der Waals surface area (Å²) in [6.07, 6.45) is 5.21. The Balaban J connectivity index is 2.09. The first kappa shape index (κ1) is 12.7. The van der Waals surface area contributed by atoms with Crippen LogP contribution in [0.5, 0.6) is 0 Å². The van der Waals surface area contributed by atoms with Crippen LogP contribution in [-0.2, 0) is 6.42 Å². The molecule has 0 saturated heterocycles. The van der Waals surface area contributed by atoms with E-state index in [1.165, 1.54) is 11.3 Å². The molecule has 1 aromatic rings. The van der Waals surface area contributed by atoms with Crippen molar-refractivity contribution in [3.05, 3.63) is 22.4 Å². The van der Waals surface area contributed by atoms with Gasteiger partial charge in [0.05, 0.1) is 6.10 Å². The molecule has 86 valence electrons. The molecule has 2 heteroatoms. The molecule has 2 unspecified atom stereocenters. The summed E-state index contributed by atoms with van der Waals surface area (Å²) in [5.41, 5.74) is 0. The van der Waals surface area contributed by atoms with Crippen molar-refractivity contribution < 1.29 is 5.11 Å². The summed E-state index contributed by atoms with van der Waals surface area (Å²) < 4.78 is 0. The Hall–Kier alpha value is -0.340. The highest BCUT2D eigenvalue weighted by atomic mass is 32.1. The zero-order valence-corrected chi connectivity index (χ0v) is 10.6. The molecule has 1 nitrogen and oxygen atoms in total. The van der Waals surface area contributed by atoms with Gasteiger partial charge in [0.25, 0.3) is 0 Å². The van der Waals surface area contributed by atoms with Crippen molar-refractivity contribution in [1.82, 2.24) is 0 Å². The summed E-state index contributed by atoms with van der Waals surface area (Å²) >= 11 is 1.81. The average Bonchev–Trinajstić information content (AvgIpc) is 2.70. The minimum absolute atomic E-state index is 0.0973. The van der Waals surface area contributed by atoms with Gasteiger partial charge < -0.3 is 5.11 Å². The molecule has 1 N–H and O–H groups in total. The van der Waals surface area contributed by atoms with Crippen LogP contribution in [0.25, 0.3) is 0 Å². The molecular formula is C13H22OS. The van der Waals surface area contributed by atoms with E-state index in [0.717, 1.165) is 25.7 Å². The van der Waals surface area contributed by atoms with E-state index in [2.05, 4.69) is 31.4 Å². The van der Waals surface area contributed by atoms with Gasteiger partial charge in [-0.3, -0.25) is 0 Å². The Kier molecular flexibility index (Phi) is 5.96. The van der Waals surface area contributed by atoms with Crippen molar-refractivity contribution in [3.8, 4) is 0 Å². The van der Waals surface area contributed by atoms with E-state index in [1.54, 1.807) is 0 Å². The molecule has 0 saturated carbocycles. The summed E-state index contributed by atoms with van der Waals surface area (Å²) in [6.45, 7) is 4.39. The number of hydrogen-bond donors (Lipinski definition) is 1.